The Kier molecular flexibility index (Phi) is 3.03. The number of carboxylic acid groups (broad SMARTS) is 1. The van der Waals surface area contributed by atoms with Crippen LogP contribution in [-0.4, -0.2) is 44.5 Å². The Hall–Kier alpha value is -2.25. The van der Waals surface area contributed by atoms with Gasteiger partial charge in [-0.1, -0.05) is 0 Å². The van der Waals surface area contributed by atoms with Gasteiger partial charge in [-0.05, 0) is 13.3 Å². The van der Waals surface area contributed by atoms with Crippen LogP contribution in [0.25, 0.3) is 5.65 Å². The van der Waals surface area contributed by atoms with Crippen molar-refractivity contribution in [3.63, 3.8) is 0 Å². The third kappa shape index (κ3) is 2.41. The number of aromatic carboxylic acids is 1. The molecule has 3 heterocycles. The van der Waals surface area contributed by atoms with Crippen LogP contribution in [0.2, 0.25) is 0 Å². The molecule has 3 rings (SSSR count). The largest absolute Gasteiger partial charge is 0.476 e. The molecule has 2 aromatic rings. The maximum absolute atomic E-state index is 13.5. The fourth-order valence-electron chi connectivity index (χ4n) is 2.58. The number of halogens is 2. The lowest BCUT2D eigenvalue weighted by Gasteiger charge is -2.33. The van der Waals surface area contributed by atoms with E-state index >= 15 is 0 Å². The Labute approximate surface area is 119 Å². The molecule has 0 bridgehead atoms. The first-order chi connectivity index (χ1) is 9.87. The highest BCUT2D eigenvalue weighted by molar-refractivity contribution is 5.92. The minimum atomic E-state index is -2.74. The van der Waals surface area contributed by atoms with Crippen LogP contribution < -0.4 is 4.90 Å². The van der Waals surface area contributed by atoms with E-state index in [0.717, 1.165) is 0 Å². The van der Waals surface area contributed by atoms with Crippen molar-refractivity contribution in [1.82, 2.24) is 14.4 Å². The van der Waals surface area contributed by atoms with Crippen LogP contribution in [0.3, 0.4) is 0 Å². The molecular formula is C13H14F2N4O2. The molecule has 1 saturated heterocycles. The molecule has 1 aliphatic heterocycles. The Bertz CT molecular complexity index is 714. The number of nitrogens with zero attached hydrogens (tertiary/aromatic N) is 4. The van der Waals surface area contributed by atoms with Gasteiger partial charge in [0.15, 0.2) is 11.3 Å². The molecule has 0 amide bonds. The second-order valence-electron chi connectivity index (χ2n) is 5.23. The standard InChI is InChI=1S/C13H14F2N4O2/c1-8-5-9(18-4-2-3-13(14,15)6-18)17-11-10(12(20)21)16-7-19(8)11/h5,7H,2-4,6H2,1H3,(H,20,21). The maximum Gasteiger partial charge on any atom is 0.358 e. The van der Waals surface area contributed by atoms with Crippen molar-refractivity contribution >= 4 is 17.4 Å². The molecule has 0 spiro atoms. The quantitative estimate of drug-likeness (QED) is 0.917. The van der Waals surface area contributed by atoms with Crippen molar-refractivity contribution in [2.75, 3.05) is 18.0 Å². The van der Waals surface area contributed by atoms with Crippen molar-refractivity contribution in [1.29, 1.82) is 0 Å². The molecule has 112 valence electrons. The number of piperidine rings is 1. The molecule has 0 aromatic carbocycles. The molecule has 0 saturated carbocycles. The van der Waals surface area contributed by atoms with E-state index in [1.807, 2.05) is 0 Å². The SMILES string of the molecule is Cc1cc(N2CCCC(F)(F)C2)nc2c(C(=O)O)ncn12. The van der Waals surface area contributed by atoms with Gasteiger partial charge < -0.3 is 10.0 Å². The number of aryl methyl sites for hydroxylation is 1. The number of hydrogen-bond acceptors (Lipinski definition) is 4. The number of hydrogen-bond donors (Lipinski definition) is 1. The lowest BCUT2D eigenvalue weighted by molar-refractivity contribution is -0.0118. The van der Waals surface area contributed by atoms with E-state index < -0.39 is 18.4 Å². The van der Waals surface area contributed by atoms with Gasteiger partial charge in [0.1, 0.15) is 12.1 Å². The first-order valence-corrected chi connectivity index (χ1v) is 6.58. The summed E-state index contributed by atoms with van der Waals surface area (Å²) in [6.45, 7) is 1.84. The molecule has 0 atom stereocenters. The Balaban J connectivity index is 2.07. The summed E-state index contributed by atoms with van der Waals surface area (Å²) in [5, 5.41) is 9.10. The molecule has 0 unspecified atom stereocenters. The molecule has 0 aliphatic carbocycles. The number of carboxylic acids is 1. The zero-order valence-corrected chi connectivity index (χ0v) is 11.4. The minimum absolute atomic E-state index is 0.127. The molecule has 21 heavy (non-hydrogen) atoms. The van der Waals surface area contributed by atoms with Crippen LogP contribution in [0.1, 0.15) is 29.0 Å². The average molecular weight is 296 g/mol. The van der Waals surface area contributed by atoms with E-state index in [0.29, 0.717) is 24.5 Å². The van der Waals surface area contributed by atoms with Gasteiger partial charge in [-0.2, -0.15) is 0 Å². The second kappa shape index (κ2) is 4.64. The van der Waals surface area contributed by atoms with Gasteiger partial charge in [0.2, 0.25) is 0 Å². The van der Waals surface area contributed by atoms with Gasteiger partial charge in [0.05, 0.1) is 6.54 Å². The molecule has 1 N–H and O–H groups in total. The van der Waals surface area contributed by atoms with Crippen LogP contribution in [-0.2, 0) is 0 Å². The van der Waals surface area contributed by atoms with Gasteiger partial charge in [0, 0.05) is 24.7 Å². The summed E-state index contributed by atoms with van der Waals surface area (Å²) < 4.78 is 28.6. The van der Waals surface area contributed by atoms with Gasteiger partial charge in [-0.15, -0.1) is 0 Å². The smallest absolute Gasteiger partial charge is 0.358 e. The van der Waals surface area contributed by atoms with Crippen LogP contribution in [0.4, 0.5) is 14.6 Å². The summed E-state index contributed by atoms with van der Waals surface area (Å²) >= 11 is 0. The van der Waals surface area contributed by atoms with Crippen molar-refractivity contribution < 1.29 is 18.7 Å². The molecule has 8 heteroatoms. The van der Waals surface area contributed by atoms with Crippen LogP contribution in [0.5, 0.6) is 0 Å². The summed E-state index contributed by atoms with van der Waals surface area (Å²) in [6.07, 6.45) is 1.62. The second-order valence-corrected chi connectivity index (χ2v) is 5.23. The van der Waals surface area contributed by atoms with Crippen molar-refractivity contribution in [2.45, 2.75) is 25.7 Å². The number of carbonyl (C=O) groups is 1. The van der Waals surface area contributed by atoms with E-state index in [2.05, 4.69) is 9.97 Å². The first kappa shape index (κ1) is 13.7. The van der Waals surface area contributed by atoms with Crippen LogP contribution in [0, 0.1) is 6.92 Å². The van der Waals surface area contributed by atoms with E-state index in [4.69, 9.17) is 5.11 Å². The fraction of sp³-hybridized carbons (Fsp3) is 0.462. The third-order valence-corrected chi connectivity index (χ3v) is 3.60. The molecule has 1 aliphatic rings. The topological polar surface area (TPSA) is 70.7 Å². The summed E-state index contributed by atoms with van der Waals surface area (Å²) in [5.74, 6) is -3.57. The zero-order chi connectivity index (χ0) is 15.2. The molecule has 1 fully saturated rings. The van der Waals surface area contributed by atoms with E-state index in [1.54, 1.807) is 13.0 Å². The van der Waals surface area contributed by atoms with Crippen molar-refractivity contribution in [2.24, 2.45) is 0 Å². The molecule has 2 aromatic heterocycles. The number of rotatable bonds is 2. The van der Waals surface area contributed by atoms with E-state index in [1.165, 1.54) is 15.6 Å². The van der Waals surface area contributed by atoms with Gasteiger partial charge in [0.25, 0.3) is 5.92 Å². The van der Waals surface area contributed by atoms with Gasteiger partial charge in [-0.3, -0.25) is 4.40 Å². The fourth-order valence-corrected chi connectivity index (χ4v) is 2.58. The Morgan fingerprint density at radius 2 is 2.24 bits per heavy atom. The summed E-state index contributed by atoms with van der Waals surface area (Å²) in [7, 11) is 0. The number of alkyl halides is 2. The van der Waals surface area contributed by atoms with Crippen molar-refractivity contribution in [3.05, 3.63) is 23.8 Å². The number of anilines is 1. The Morgan fingerprint density at radius 1 is 1.48 bits per heavy atom. The van der Waals surface area contributed by atoms with Crippen LogP contribution >= 0.6 is 0 Å². The third-order valence-electron chi connectivity index (χ3n) is 3.60. The van der Waals surface area contributed by atoms with Crippen molar-refractivity contribution in [3.8, 4) is 0 Å². The minimum Gasteiger partial charge on any atom is -0.476 e. The lowest BCUT2D eigenvalue weighted by Crippen LogP contribution is -2.43. The summed E-state index contributed by atoms with van der Waals surface area (Å²) in [6, 6.07) is 1.67. The van der Waals surface area contributed by atoms with Crippen LogP contribution in [0.15, 0.2) is 12.4 Å². The van der Waals surface area contributed by atoms with E-state index in [-0.39, 0.29) is 17.8 Å². The van der Waals surface area contributed by atoms with E-state index in [9.17, 15) is 13.6 Å². The number of fused-ring (bicyclic) bond motifs is 1. The average Bonchev–Trinajstić information content (AvgIpc) is 2.82. The molecule has 6 nitrogen and oxygen atoms in total. The monoisotopic (exact) mass is 296 g/mol. The summed E-state index contributed by atoms with van der Waals surface area (Å²) in [4.78, 5) is 20.6. The molecular weight excluding hydrogens is 282 g/mol. The highest BCUT2D eigenvalue weighted by atomic mass is 19.3. The highest BCUT2D eigenvalue weighted by Gasteiger charge is 2.36. The Morgan fingerprint density at radius 3 is 2.90 bits per heavy atom. The zero-order valence-electron chi connectivity index (χ0n) is 11.4. The predicted molar refractivity (Wildman–Crippen MR) is 71.1 cm³/mol. The highest BCUT2D eigenvalue weighted by Crippen LogP contribution is 2.30. The molecule has 0 radical (unpaired) electrons. The predicted octanol–water partition coefficient (Wildman–Crippen LogP) is 1.97. The number of imidazole rings is 1. The number of aromatic nitrogens is 3. The normalized spacial score (nSPS) is 18.1. The lowest BCUT2D eigenvalue weighted by atomic mass is 10.1. The van der Waals surface area contributed by atoms with Gasteiger partial charge >= 0.3 is 5.97 Å². The maximum atomic E-state index is 13.5. The van der Waals surface area contributed by atoms with Gasteiger partial charge in [-0.25, -0.2) is 23.5 Å². The first-order valence-electron chi connectivity index (χ1n) is 6.58. The summed E-state index contributed by atoms with van der Waals surface area (Å²) in [5.41, 5.74) is 0.694.